The van der Waals surface area contributed by atoms with E-state index in [9.17, 15) is 0 Å². The molecule has 0 aromatic heterocycles. The van der Waals surface area contributed by atoms with Crippen molar-refractivity contribution in [3.8, 4) is 5.75 Å². The quantitative estimate of drug-likeness (QED) is 0.709. The molecule has 0 aliphatic carbocycles. The van der Waals surface area contributed by atoms with Gasteiger partial charge in [-0.15, -0.1) is 0 Å². The Morgan fingerprint density at radius 3 is 2.54 bits per heavy atom. The zero-order chi connectivity index (χ0) is 9.26. The van der Waals surface area contributed by atoms with Crippen LogP contribution in [0.25, 0.3) is 0 Å². The predicted molar refractivity (Wildman–Crippen MR) is 49.1 cm³/mol. The van der Waals surface area contributed by atoms with Crippen LogP contribution in [0.5, 0.6) is 5.75 Å². The average molecular weight is 177 g/mol. The third kappa shape index (κ3) is 1.48. The summed E-state index contributed by atoms with van der Waals surface area (Å²) in [6.45, 7) is 3.22. The fraction of sp³-hybridized carbons (Fsp3) is 0.111. The maximum atomic E-state index is 9.07. The number of hydrogen-bond acceptors (Lipinski definition) is 4. The topological polar surface area (TPSA) is 45.1 Å². The Hall–Kier alpha value is -1.55. The van der Waals surface area contributed by atoms with Crippen molar-refractivity contribution in [3.63, 3.8) is 0 Å². The summed E-state index contributed by atoms with van der Waals surface area (Å²) in [4.78, 5) is 9.06. The van der Waals surface area contributed by atoms with Gasteiger partial charge in [-0.05, 0) is 31.2 Å². The van der Waals surface area contributed by atoms with Crippen LogP contribution in [0.2, 0.25) is 0 Å². The predicted octanol–water partition coefficient (Wildman–Crippen LogP) is 1.68. The Morgan fingerprint density at radius 1 is 1.31 bits per heavy atom. The van der Waals surface area contributed by atoms with Crippen LogP contribution in [-0.4, -0.2) is 10.9 Å². The van der Waals surface area contributed by atoms with Crippen molar-refractivity contribution in [2.24, 2.45) is 4.99 Å². The van der Waals surface area contributed by atoms with Crippen molar-refractivity contribution in [2.45, 2.75) is 6.92 Å². The summed E-state index contributed by atoms with van der Waals surface area (Å²) in [6, 6.07) is 6.72. The Bertz CT molecular complexity index is 332. The molecule has 0 saturated carbocycles. The second kappa shape index (κ2) is 3.06. The van der Waals surface area contributed by atoms with E-state index in [1.54, 1.807) is 29.3 Å². The second-order valence-electron chi connectivity index (χ2n) is 2.70. The van der Waals surface area contributed by atoms with Gasteiger partial charge in [-0.2, -0.15) is 0 Å². The Labute approximate surface area is 76.0 Å². The zero-order valence-corrected chi connectivity index (χ0v) is 7.14. The monoisotopic (exact) mass is 177 g/mol. The largest absolute Gasteiger partial charge is 0.508 e. The van der Waals surface area contributed by atoms with E-state index in [2.05, 4.69) is 4.99 Å². The molecule has 13 heavy (non-hydrogen) atoms. The third-order valence-electron chi connectivity index (χ3n) is 1.77. The number of amidine groups is 1. The lowest BCUT2D eigenvalue weighted by Gasteiger charge is -2.15. The summed E-state index contributed by atoms with van der Waals surface area (Å²) in [6.07, 6.45) is 0. The Morgan fingerprint density at radius 2 is 2.00 bits per heavy atom. The third-order valence-corrected chi connectivity index (χ3v) is 1.77. The maximum Gasteiger partial charge on any atom is 0.226 e. The van der Waals surface area contributed by atoms with Crippen molar-refractivity contribution in [1.29, 1.82) is 0 Å². The lowest BCUT2D eigenvalue weighted by atomic mass is 10.3. The van der Waals surface area contributed by atoms with Crippen LogP contribution < -0.4 is 5.06 Å². The highest BCUT2D eigenvalue weighted by Crippen LogP contribution is 2.22. The molecule has 4 nitrogen and oxygen atoms in total. The van der Waals surface area contributed by atoms with E-state index in [1.807, 2.05) is 6.92 Å². The highest BCUT2D eigenvalue weighted by molar-refractivity contribution is 5.95. The molecule has 1 N–H and O–H groups in total. The molecule has 1 aromatic rings. The molecule has 1 radical (unpaired) electrons. The van der Waals surface area contributed by atoms with Crippen LogP contribution in [-0.2, 0) is 4.84 Å². The van der Waals surface area contributed by atoms with Gasteiger partial charge < -0.3 is 5.11 Å². The summed E-state index contributed by atoms with van der Waals surface area (Å²) in [5, 5.41) is 10.7. The van der Waals surface area contributed by atoms with Crippen LogP contribution in [0.1, 0.15) is 6.92 Å². The zero-order valence-electron chi connectivity index (χ0n) is 7.14. The number of aliphatic imine (C=N–C) groups is 1. The molecule has 1 aromatic carbocycles. The number of benzene rings is 1. The molecule has 0 saturated heterocycles. The van der Waals surface area contributed by atoms with Gasteiger partial charge in [0, 0.05) is 0 Å². The number of rotatable bonds is 1. The van der Waals surface area contributed by atoms with E-state index < -0.39 is 0 Å². The van der Waals surface area contributed by atoms with E-state index in [0.717, 1.165) is 11.5 Å². The molecule has 1 aliphatic rings. The van der Waals surface area contributed by atoms with Gasteiger partial charge in [-0.1, -0.05) is 0 Å². The normalized spacial score (nSPS) is 16.1. The first-order valence-electron chi connectivity index (χ1n) is 3.89. The minimum atomic E-state index is 0.238. The molecule has 0 atom stereocenters. The Kier molecular flexibility index (Phi) is 1.90. The first kappa shape index (κ1) is 8.07. The highest BCUT2D eigenvalue weighted by atomic mass is 16.7. The van der Waals surface area contributed by atoms with Crippen LogP contribution in [0.15, 0.2) is 29.3 Å². The average Bonchev–Trinajstić information content (AvgIpc) is 2.53. The molecule has 2 rings (SSSR count). The van der Waals surface area contributed by atoms with Crippen LogP contribution >= 0.6 is 0 Å². The number of aromatic hydroxyl groups is 1. The SMILES string of the molecule is CC1=N[CH]ON1c1ccc(O)cc1. The molecular weight excluding hydrogens is 168 g/mol. The van der Waals surface area contributed by atoms with Crippen molar-refractivity contribution >= 4 is 11.5 Å². The van der Waals surface area contributed by atoms with E-state index in [1.165, 1.54) is 6.73 Å². The van der Waals surface area contributed by atoms with Crippen LogP contribution in [0, 0.1) is 6.73 Å². The molecule has 1 heterocycles. The van der Waals surface area contributed by atoms with Gasteiger partial charge in [0.15, 0.2) is 0 Å². The van der Waals surface area contributed by atoms with E-state index in [4.69, 9.17) is 9.94 Å². The molecule has 4 heteroatoms. The lowest BCUT2D eigenvalue weighted by molar-refractivity contribution is 0.231. The van der Waals surface area contributed by atoms with E-state index >= 15 is 0 Å². The second-order valence-corrected chi connectivity index (χ2v) is 2.70. The molecule has 0 amide bonds. The van der Waals surface area contributed by atoms with Gasteiger partial charge in [0.1, 0.15) is 11.6 Å². The minimum absolute atomic E-state index is 0.238. The van der Waals surface area contributed by atoms with Gasteiger partial charge >= 0.3 is 0 Å². The minimum Gasteiger partial charge on any atom is -0.508 e. The van der Waals surface area contributed by atoms with Gasteiger partial charge in [-0.3, -0.25) is 0 Å². The smallest absolute Gasteiger partial charge is 0.226 e. The fourth-order valence-corrected chi connectivity index (χ4v) is 1.11. The fourth-order valence-electron chi connectivity index (χ4n) is 1.11. The van der Waals surface area contributed by atoms with Crippen LogP contribution in [0.4, 0.5) is 5.69 Å². The van der Waals surface area contributed by atoms with Crippen molar-refractivity contribution in [1.82, 2.24) is 0 Å². The Balaban J connectivity index is 2.26. The molecular formula is C9H9N2O2. The number of hydroxylamine groups is 1. The van der Waals surface area contributed by atoms with E-state index in [0.29, 0.717) is 0 Å². The molecule has 0 spiro atoms. The summed E-state index contributed by atoms with van der Waals surface area (Å²) in [5.74, 6) is 1.01. The van der Waals surface area contributed by atoms with Crippen molar-refractivity contribution < 1.29 is 9.94 Å². The lowest BCUT2D eigenvalue weighted by Crippen LogP contribution is -2.22. The van der Waals surface area contributed by atoms with Crippen molar-refractivity contribution in [3.05, 3.63) is 31.0 Å². The van der Waals surface area contributed by atoms with Gasteiger partial charge in [0.25, 0.3) is 0 Å². The summed E-state index contributed by atoms with van der Waals surface area (Å²) >= 11 is 0. The van der Waals surface area contributed by atoms with Gasteiger partial charge in [-0.25, -0.2) is 14.9 Å². The molecule has 0 fully saturated rings. The maximum absolute atomic E-state index is 9.07. The number of nitrogens with zero attached hydrogens (tertiary/aromatic N) is 2. The number of phenolic OH excluding ortho intramolecular Hbond substituents is 1. The summed E-state index contributed by atoms with van der Waals surface area (Å²) in [7, 11) is 0. The summed E-state index contributed by atoms with van der Waals surface area (Å²) < 4.78 is 0. The number of anilines is 1. The molecule has 0 unspecified atom stereocenters. The van der Waals surface area contributed by atoms with Crippen LogP contribution in [0.3, 0.4) is 0 Å². The molecule has 1 aliphatic heterocycles. The highest BCUT2D eigenvalue weighted by Gasteiger charge is 2.15. The number of phenols is 1. The van der Waals surface area contributed by atoms with E-state index in [-0.39, 0.29) is 5.75 Å². The first-order valence-corrected chi connectivity index (χ1v) is 3.89. The standard InChI is InChI=1S/C9H9N2O2/c1-7-10-6-13-11(7)8-2-4-9(12)5-3-8/h2-6,12H,1H3. The van der Waals surface area contributed by atoms with Gasteiger partial charge in [0.05, 0.1) is 5.69 Å². The molecule has 0 bridgehead atoms. The molecule has 67 valence electrons. The number of hydrogen-bond donors (Lipinski definition) is 1. The van der Waals surface area contributed by atoms with Gasteiger partial charge in [0.2, 0.25) is 6.73 Å². The summed E-state index contributed by atoms with van der Waals surface area (Å²) in [5.41, 5.74) is 0.841. The first-order chi connectivity index (χ1) is 6.27. The van der Waals surface area contributed by atoms with Crippen molar-refractivity contribution in [2.75, 3.05) is 5.06 Å².